The fraction of sp³-hybridized carbons (Fsp3) is 0.438. The second-order valence-electron chi connectivity index (χ2n) is 5.86. The van der Waals surface area contributed by atoms with Gasteiger partial charge in [0.05, 0.1) is 12.5 Å². The van der Waals surface area contributed by atoms with Gasteiger partial charge in [-0.1, -0.05) is 6.07 Å². The molecule has 0 radical (unpaired) electrons. The van der Waals surface area contributed by atoms with Crippen molar-refractivity contribution in [2.45, 2.75) is 20.3 Å². The molecule has 7 nitrogen and oxygen atoms in total. The number of carboxylic acids is 1. The van der Waals surface area contributed by atoms with Crippen molar-refractivity contribution in [1.29, 1.82) is 0 Å². The van der Waals surface area contributed by atoms with Gasteiger partial charge in [0.1, 0.15) is 0 Å². The smallest absolute Gasteiger partial charge is 0.325 e. The summed E-state index contributed by atoms with van der Waals surface area (Å²) in [6.07, 6.45) is 0.525. The lowest BCUT2D eigenvalue weighted by atomic mass is 10.1. The average Bonchev–Trinajstić information content (AvgIpc) is 2.91. The normalized spacial score (nSPS) is 17.7. The molecule has 7 heteroatoms. The van der Waals surface area contributed by atoms with Crippen LogP contribution in [0.25, 0.3) is 0 Å². The molecule has 1 saturated heterocycles. The van der Waals surface area contributed by atoms with Crippen molar-refractivity contribution in [2.75, 3.05) is 25.0 Å². The summed E-state index contributed by atoms with van der Waals surface area (Å²) in [6.45, 7) is 4.81. The van der Waals surface area contributed by atoms with Gasteiger partial charge in [-0.05, 0) is 50.1 Å². The number of benzene rings is 1. The van der Waals surface area contributed by atoms with Crippen molar-refractivity contribution in [3.63, 3.8) is 0 Å². The van der Waals surface area contributed by atoms with Gasteiger partial charge >= 0.3 is 12.0 Å². The summed E-state index contributed by atoms with van der Waals surface area (Å²) in [5, 5.41) is 13.8. The molecule has 1 aliphatic rings. The highest BCUT2D eigenvalue weighted by Crippen LogP contribution is 2.16. The maximum atomic E-state index is 11.8. The number of carbonyl (C=O) groups excluding carboxylic acids is 2. The van der Waals surface area contributed by atoms with Gasteiger partial charge in [-0.15, -0.1) is 0 Å². The standard InChI is InChI=1S/C16H21N3O4/c1-10-3-4-13(7-11(10)2)17-16(23)18-14(20)9-19-6-5-12(8-19)15(21)22/h3-4,7,12H,5-6,8-9H2,1-2H3,(H,21,22)(H2,17,18,20,23). The second-order valence-corrected chi connectivity index (χ2v) is 5.86. The van der Waals surface area contributed by atoms with Gasteiger partial charge in [-0.3, -0.25) is 19.8 Å². The van der Waals surface area contributed by atoms with Crippen molar-refractivity contribution >= 4 is 23.6 Å². The summed E-state index contributed by atoms with van der Waals surface area (Å²) in [4.78, 5) is 36.3. The first-order valence-corrected chi connectivity index (χ1v) is 7.48. The van der Waals surface area contributed by atoms with E-state index in [-0.39, 0.29) is 6.54 Å². The molecule has 2 rings (SSSR count). The fourth-order valence-corrected chi connectivity index (χ4v) is 2.53. The third-order valence-electron chi connectivity index (χ3n) is 4.01. The van der Waals surface area contributed by atoms with Crippen LogP contribution < -0.4 is 10.6 Å². The van der Waals surface area contributed by atoms with Crippen LogP contribution in [0.1, 0.15) is 17.5 Å². The molecule has 0 saturated carbocycles. The minimum atomic E-state index is -0.847. The molecule has 23 heavy (non-hydrogen) atoms. The van der Waals surface area contributed by atoms with Gasteiger partial charge in [0, 0.05) is 12.2 Å². The average molecular weight is 319 g/mol. The van der Waals surface area contributed by atoms with E-state index >= 15 is 0 Å². The van der Waals surface area contributed by atoms with Crippen LogP contribution in [0.2, 0.25) is 0 Å². The number of nitrogens with one attached hydrogen (secondary N) is 2. The molecule has 3 N–H and O–H groups in total. The van der Waals surface area contributed by atoms with E-state index in [0.717, 1.165) is 11.1 Å². The Kier molecular flexibility index (Phi) is 5.33. The highest BCUT2D eigenvalue weighted by molar-refractivity contribution is 6.01. The Labute approximate surface area is 134 Å². The highest BCUT2D eigenvalue weighted by Gasteiger charge is 2.29. The fourth-order valence-electron chi connectivity index (χ4n) is 2.53. The van der Waals surface area contributed by atoms with Crippen molar-refractivity contribution in [3.8, 4) is 0 Å². The van der Waals surface area contributed by atoms with Gasteiger partial charge in [0.15, 0.2) is 0 Å². The molecule has 1 atom stereocenters. The number of amides is 3. The number of urea groups is 1. The topological polar surface area (TPSA) is 98.7 Å². The summed E-state index contributed by atoms with van der Waals surface area (Å²) in [6, 6.07) is 4.90. The predicted octanol–water partition coefficient (Wildman–Crippen LogP) is 1.36. The summed E-state index contributed by atoms with van der Waals surface area (Å²) in [5.41, 5.74) is 2.78. The first kappa shape index (κ1) is 17.0. The van der Waals surface area contributed by atoms with Crippen molar-refractivity contribution in [2.24, 2.45) is 5.92 Å². The largest absolute Gasteiger partial charge is 0.481 e. The van der Waals surface area contributed by atoms with E-state index in [1.807, 2.05) is 26.0 Å². The van der Waals surface area contributed by atoms with Gasteiger partial charge in [0.2, 0.25) is 5.91 Å². The van der Waals surface area contributed by atoms with Gasteiger partial charge in [0.25, 0.3) is 0 Å². The number of hydrogen-bond acceptors (Lipinski definition) is 4. The van der Waals surface area contributed by atoms with E-state index in [1.54, 1.807) is 11.0 Å². The van der Waals surface area contributed by atoms with E-state index in [1.165, 1.54) is 0 Å². The second kappa shape index (κ2) is 7.23. The molecule has 0 aliphatic carbocycles. The van der Waals surface area contributed by atoms with Crippen LogP contribution in [0.5, 0.6) is 0 Å². The van der Waals surface area contributed by atoms with Crippen molar-refractivity contribution in [3.05, 3.63) is 29.3 Å². The van der Waals surface area contributed by atoms with Gasteiger partial charge in [-0.25, -0.2) is 4.79 Å². The molecule has 1 aromatic carbocycles. The van der Waals surface area contributed by atoms with E-state index in [4.69, 9.17) is 5.11 Å². The minimum absolute atomic E-state index is 0.0180. The summed E-state index contributed by atoms with van der Waals surface area (Å²) in [5.74, 6) is -1.73. The lowest BCUT2D eigenvalue weighted by Gasteiger charge is -2.14. The van der Waals surface area contributed by atoms with E-state index in [2.05, 4.69) is 10.6 Å². The van der Waals surface area contributed by atoms with Crippen LogP contribution in [0, 0.1) is 19.8 Å². The Hall–Kier alpha value is -2.41. The van der Waals surface area contributed by atoms with Crippen molar-refractivity contribution in [1.82, 2.24) is 10.2 Å². The number of imide groups is 1. The quantitative estimate of drug-likeness (QED) is 0.778. The molecule has 1 unspecified atom stereocenters. The molecular formula is C16H21N3O4. The van der Waals surface area contributed by atoms with Crippen LogP contribution in [0.4, 0.5) is 10.5 Å². The van der Waals surface area contributed by atoms with Crippen LogP contribution in [0.15, 0.2) is 18.2 Å². The van der Waals surface area contributed by atoms with Crippen LogP contribution in [-0.4, -0.2) is 47.5 Å². The predicted molar refractivity (Wildman–Crippen MR) is 85.3 cm³/mol. The molecule has 0 aromatic heterocycles. The number of aryl methyl sites for hydroxylation is 2. The zero-order chi connectivity index (χ0) is 17.0. The molecule has 1 aliphatic heterocycles. The van der Waals surface area contributed by atoms with Gasteiger partial charge < -0.3 is 10.4 Å². The number of likely N-dealkylation sites (tertiary alicyclic amines) is 1. The number of aliphatic carboxylic acids is 1. The van der Waals surface area contributed by atoms with E-state index < -0.39 is 23.8 Å². The monoisotopic (exact) mass is 319 g/mol. The van der Waals surface area contributed by atoms with E-state index in [0.29, 0.717) is 25.2 Å². The zero-order valence-corrected chi connectivity index (χ0v) is 13.3. The lowest BCUT2D eigenvalue weighted by Crippen LogP contribution is -2.41. The number of nitrogens with zero attached hydrogens (tertiary/aromatic N) is 1. The molecular weight excluding hydrogens is 298 g/mol. The third kappa shape index (κ3) is 4.79. The van der Waals surface area contributed by atoms with Crippen LogP contribution in [0.3, 0.4) is 0 Å². The Balaban J connectivity index is 1.80. The number of anilines is 1. The Morgan fingerprint density at radius 1 is 1.26 bits per heavy atom. The molecule has 0 spiro atoms. The molecule has 1 fully saturated rings. The third-order valence-corrected chi connectivity index (χ3v) is 4.01. The molecule has 3 amide bonds. The maximum Gasteiger partial charge on any atom is 0.325 e. The first-order chi connectivity index (χ1) is 10.8. The first-order valence-electron chi connectivity index (χ1n) is 7.48. The maximum absolute atomic E-state index is 11.8. The Morgan fingerprint density at radius 2 is 2.00 bits per heavy atom. The number of carbonyl (C=O) groups is 3. The zero-order valence-electron chi connectivity index (χ0n) is 13.3. The van der Waals surface area contributed by atoms with Crippen LogP contribution >= 0.6 is 0 Å². The Bertz CT molecular complexity index is 630. The molecule has 1 aromatic rings. The SMILES string of the molecule is Cc1ccc(NC(=O)NC(=O)CN2CCC(C(=O)O)C2)cc1C. The highest BCUT2D eigenvalue weighted by atomic mass is 16.4. The Morgan fingerprint density at radius 3 is 2.61 bits per heavy atom. The minimum Gasteiger partial charge on any atom is -0.481 e. The van der Waals surface area contributed by atoms with Crippen molar-refractivity contribution < 1.29 is 19.5 Å². The molecule has 124 valence electrons. The summed E-state index contributed by atoms with van der Waals surface area (Å²) < 4.78 is 0. The number of carboxylic acid groups (broad SMARTS) is 1. The summed E-state index contributed by atoms with van der Waals surface area (Å²) >= 11 is 0. The number of hydrogen-bond donors (Lipinski definition) is 3. The van der Waals surface area contributed by atoms with E-state index in [9.17, 15) is 14.4 Å². The molecule has 0 bridgehead atoms. The lowest BCUT2D eigenvalue weighted by molar-refractivity contribution is -0.141. The number of rotatable bonds is 4. The summed E-state index contributed by atoms with van der Waals surface area (Å²) in [7, 11) is 0. The molecule has 1 heterocycles. The van der Waals surface area contributed by atoms with Gasteiger partial charge in [-0.2, -0.15) is 0 Å². The van der Waals surface area contributed by atoms with Crippen LogP contribution in [-0.2, 0) is 9.59 Å².